The minimum Gasteiger partial charge on any atom is -0.309 e. The van der Waals surface area contributed by atoms with Gasteiger partial charge in [0.05, 0.1) is 44.8 Å². The van der Waals surface area contributed by atoms with Crippen LogP contribution in [0.1, 0.15) is 0 Å². The van der Waals surface area contributed by atoms with E-state index in [9.17, 15) is 0 Å². The van der Waals surface area contributed by atoms with Gasteiger partial charge in [-0.25, -0.2) is 4.98 Å². The summed E-state index contributed by atoms with van der Waals surface area (Å²) in [6.07, 6.45) is 0. The van der Waals surface area contributed by atoms with Crippen LogP contribution in [0.4, 0.5) is 0 Å². The van der Waals surface area contributed by atoms with E-state index in [1.165, 1.54) is 43.6 Å². The van der Waals surface area contributed by atoms with Crippen molar-refractivity contribution in [1.82, 2.24) is 14.1 Å². The second-order valence-electron chi connectivity index (χ2n) is 14.3. The van der Waals surface area contributed by atoms with Gasteiger partial charge in [-0.1, -0.05) is 164 Å². The quantitative estimate of drug-likeness (QED) is 0.168. The fourth-order valence-corrected chi connectivity index (χ4v) is 8.70. The van der Waals surface area contributed by atoms with E-state index in [4.69, 9.17) is 4.98 Å². The molecule has 0 N–H and O–H groups in total. The SMILES string of the molecule is c1ccc(-c2cc(-c3c(-c4ccccc4-n4c5ccccc5c5ccccc54)cccc3-n3c4ccccc4c4ccccc43)cc(-c3ccccc3)n2)cc1. The maximum Gasteiger partial charge on any atom is 0.0715 e. The fraction of sp³-hybridized carbons (Fsp3) is 0. The van der Waals surface area contributed by atoms with Gasteiger partial charge in [0.25, 0.3) is 0 Å². The molecule has 0 bridgehead atoms. The zero-order chi connectivity index (χ0) is 37.0. The first-order valence-electron chi connectivity index (χ1n) is 19.1. The number of nitrogens with zero attached hydrogens (tertiary/aromatic N) is 3. The van der Waals surface area contributed by atoms with Gasteiger partial charge in [0, 0.05) is 43.8 Å². The largest absolute Gasteiger partial charge is 0.309 e. The van der Waals surface area contributed by atoms with Crippen molar-refractivity contribution in [2.24, 2.45) is 0 Å². The molecule has 3 nitrogen and oxygen atoms in total. The molecule has 0 aliphatic rings. The smallest absolute Gasteiger partial charge is 0.0715 e. The molecule has 0 saturated heterocycles. The maximum absolute atomic E-state index is 5.31. The summed E-state index contributed by atoms with van der Waals surface area (Å²) in [4.78, 5) is 5.31. The van der Waals surface area contributed by atoms with Crippen LogP contribution in [-0.2, 0) is 0 Å². The standard InChI is InChI=1S/C53H35N3/c1-3-18-36(19-4-1)45-34-38(35-46(54-45)37-20-5-2-6-21-37)53-44(27-17-33-52(53)56-49-30-14-9-24-41(49)42-25-10-15-31-50(42)56)43-26-11-16-32-51(43)55-47-28-12-7-22-39(47)40-23-8-13-29-48(40)55/h1-35H. The first-order chi connectivity index (χ1) is 27.8. The third-order valence-electron chi connectivity index (χ3n) is 11.1. The summed E-state index contributed by atoms with van der Waals surface area (Å²) in [6.45, 7) is 0. The van der Waals surface area contributed by atoms with Crippen molar-refractivity contribution in [3.05, 3.63) is 212 Å². The van der Waals surface area contributed by atoms with Crippen LogP contribution in [0.5, 0.6) is 0 Å². The zero-order valence-electron chi connectivity index (χ0n) is 30.5. The van der Waals surface area contributed by atoms with Crippen molar-refractivity contribution in [1.29, 1.82) is 0 Å². The van der Waals surface area contributed by atoms with E-state index in [1.807, 2.05) is 0 Å². The molecule has 262 valence electrons. The van der Waals surface area contributed by atoms with E-state index in [0.29, 0.717) is 0 Å². The van der Waals surface area contributed by atoms with Crippen LogP contribution in [0.15, 0.2) is 212 Å². The fourth-order valence-electron chi connectivity index (χ4n) is 8.70. The van der Waals surface area contributed by atoms with Crippen molar-refractivity contribution in [2.75, 3.05) is 0 Å². The number of hydrogen-bond donors (Lipinski definition) is 0. The summed E-state index contributed by atoms with van der Waals surface area (Å²) in [6, 6.07) is 76.3. The predicted molar refractivity (Wildman–Crippen MR) is 235 cm³/mol. The highest BCUT2D eigenvalue weighted by Crippen LogP contribution is 2.45. The average molecular weight is 714 g/mol. The summed E-state index contributed by atoms with van der Waals surface area (Å²) in [5.74, 6) is 0. The van der Waals surface area contributed by atoms with Crippen LogP contribution < -0.4 is 0 Å². The van der Waals surface area contributed by atoms with E-state index in [0.717, 1.165) is 56.1 Å². The zero-order valence-corrected chi connectivity index (χ0v) is 30.5. The van der Waals surface area contributed by atoms with Crippen molar-refractivity contribution < 1.29 is 0 Å². The Morgan fingerprint density at radius 1 is 0.286 bits per heavy atom. The van der Waals surface area contributed by atoms with Gasteiger partial charge >= 0.3 is 0 Å². The number of pyridine rings is 1. The molecule has 0 fully saturated rings. The lowest BCUT2D eigenvalue weighted by atomic mass is 9.90. The normalized spacial score (nSPS) is 11.6. The number of benzene rings is 8. The summed E-state index contributed by atoms with van der Waals surface area (Å²) in [5, 5.41) is 4.95. The van der Waals surface area contributed by atoms with Crippen molar-refractivity contribution in [3.8, 4) is 56.1 Å². The first-order valence-corrected chi connectivity index (χ1v) is 19.1. The summed E-state index contributed by atoms with van der Waals surface area (Å²) in [5.41, 5.74) is 15.5. The molecule has 0 aliphatic carbocycles. The molecular formula is C53H35N3. The molecular weight excluding hydrogens is 679 g/mol. The maximum atomic E-state index is 5.31. The van der Waals surface area contributed by atoms with Crippen LogP contribution in [-0.4, -0.2) is 14.1 Å². The summed E-state index contributed by atoms with van der Waals surface area (Å²) in [7, 11) is 0. The van der Waals surface area contributed by atoms with Gasteiger partial charge in [0.1, 0.15) is 0 Å². The lowest BCUT2D eigenvalue weighted by molar-refractivity contribution is 1.17. The van der Waals surface area contributed by atoms with Gasteiger partial charge in [-0.3, -0.25) is 0 Å². The molecule has 0 saturated carbocycles. The van der Waals surface area contributed by atoms with Gasteiger partial charge in [-0.2, -0.15) is 0 Å². The lowest BCUT2D eigenvalue weighted by Crippen LogP contribution is -2.02. The van der Waals surface area contributed by atoms with Crippen LogP contribution in [0.25, 0.3) is 99.8 Å². The highest BCUT2D eigenvalue weighted by Gasteiger charge is 2.23. The highest BCUT2D eigenvalue weighted by atomic mass is 15.0. The number of aromatic nitrogens is 3. The number of rotatable bonds is 6. The van der Waals surface area contributed by atoms with Gasteiger partial charge in [-0.15, -0.1) is 0 Å². The Balaban J connectivity index is 1.28. The summed E-state index contributed by atoms with van der Waals surface area (Å²) < 4.78 is 4.89. The van der Waals surface area contributed by atoms with Crippen LogP contribution in [0, 0.1) is 0 Å². The monoisotopic (exact) mass is 713 g/mol. The molecule has 3 heteroatoms. The highest BCUT2D eigenvalue weighted by molar-refractivity contribution is 6.12. The molecule has 0 unspecified atom stereocenters. The van der Waals surface area contributed by atoms with Crippen molar-refractivity contribution in [2.45, 2.75) is 0 Å². The van der Waals surface area contributed by atoms with Gasteiger partial charge in [0.2, 0.25) is 0 Å². The molecule has 0 spiro atoms. The topological polar surface area (TPSA) is 22.8 Å². The number of hydrogen-bond acceptors (Lipinski definition) is 1. The molecule has 0 aliphatic heterocycles. The second-order valence-corrected chi connectivity index (χ2v) is 14.3. The third-order valence-corrected chi connectivity index (χ3v) is 11.1. The Morgan fingerprint density at radius 3 is 1.16 bits per heavy atom. The molecule has 56 heavy (non-hydrogen) atoms. The molecule has 3 aromatic heterocycles. The molecule has 8 aromatic carbocycles. The van der Waals surface area contributed by atoms with Crippen LogP contribution in [0.3, 0.4) is 0 Å². The van der Waals surface area contributed by atoms with Gasteiger partial charge in [0.15, 0.2) is 0 Å². The average Bonchev–Trinajstić information content (AvgIpc) is 3.79. The lowest BCUT2D eigenvalue weighted by Gasteiger charge is -2.22. The van der Waals surface area contributed by atoms with Crippen molar-refractivity contribution >= 4 is 43.6 Å². The number of fused-ring (bicyclic) bond motifs is 6. The van der Waals surface area contributed by atoms with Crippen LogP contribution in [0.2, 0.25) is 0 Å². The Bertz CT molecular complexity index is 3080. The van der Waals surface area contributed by atoms with E-state index >= 15 is 0 Å². The Hall–Kier alpha value is -7.49. The molecule has 3 heterocycles. The van der Waals surface area contributed by atoms with Gasteiger partial charge < -0.3 is 9.13 Å². The molecule has 0 amide bonds. The van der Waals surface area contributed by atoms with E-state index < -0.39 is 0 Å². The Morgan fingerprint density at radius 2 is 0.661 bits per heavy atom. The van der Waals surface area contributed by atoms with E-state index in [-0.39, 0.29) is 0 Å². The Kier molecular flexibility index (Phi) is 7.49. The second kappa shape index (κ2) is 13.1. The third kappa shape index (κ3) is 5.09. The molecule has 0 radical (unpaired) electrons. The first kappa shape index (κ1) is 32.0. The minimum atomic E-state index is 0.931. The van der Waals surface area contributed by atoms with E-state index in [1.54, 1.807) is 0 Å². The Labute approximate surface area is 325 Å². The van der Waals surface area contributed by atoms with E-state index in [2.05, 4.69) is 221 Å². The van der Waals surface area contributed by atoms with Crippen molar-refractivity contribution in [3.63, 3.8) is 0 Å². The predicted octanol–water partition coefficient (Wildman–Crippen LogP) is 13.9. The molecule has 11 aromatic rings. The molecule has 0 atom stereocenters. The number of para-hydroxylation sites is 5. The minimum absolute atomic E-state index is 0.931. The van der Waals surface area contributed by atoms with Crippen LogP contribution >= 0.6 is 0 Å². The molecule has 11 rings (SSSR count). The van der Waals surface area contributed by atoms with Gasteiger partial charge in [-0.05, 0) is 59.7 Å². The summed E-state index contributed by atoms with van der Waals surface area (Å²) >= 11 is 0.